The number of hydrogen-bond acceptors (Lipinski definition) is 2. The monoisotopic (exact) mass is 278 g/mol. The van der Waals surface area contributed by atoms with E-state index in [1.54, 1.807) is 0 Å². The highest BCUT2D eigenvalue weighted by Crippen LogP contribution is 2.43. The number of nitrogens with one attached hydrogen (secondary N) is 1. The maximum atomic E-state index is 3.72. The number of nitrogens with zero attached hydrogens (tertiary/aromatic N) is 1. The Labute approximate surface area is 125 Å². The normalized spacial score (nSPS) is 35.7. The van der Waals surface area contributed by atoms with Gasteiger partial charge in [0.2, 0.25) is 0 Å². The van der Waals surface area contributed by atoms with Crippen LogP contribution in [0.25, 0.3) is 0 Å². The van der Waals surface area contributed by atoms with Gasteiger partial charge in [0.1, 0.15) is 0 Å². The van der Waals surface area contributed by atoms with Crippen molar-refractivity contribution in [1.29, 1.82) is 0 Å². The van der Waals surface area contributed by atoms with Crippen molar-refractivity contribution in [3.05, 3.63) is 0 Å². The van der Waals surface area contributed by atoms with E-state index in [2.05, 4.69) is 31.0 Å². The van der Waals surface area contributed by atoms with Gasteiger partial charge >= 0.3 is 0 Å². The molecule has 20 heavy (non-hydrogen) atoms. The molecule has 2 nitrogen and oxygen atoms in total. The van der Waals surface area contributed by atoms with Crippen LogP contribution in [0.2, 0.25) is 0 Å². The van der Waals surface area contributed by atoms with Gasteiger partial charge in [-0.2, -0.15) is 0 Å². The fourth-order valence-electron chi connectivity index (χ4n) is 4.65. The largest absolute Gasteiger partial charge is 0.313 e. The van der Waals surface area contributed by atoms with Crippen LogP contribution in [0.1, 0.15) is 72.1 Å². The summed E-state index contributed by atoms with van der Waals surface area (Å²) in [6, 6.07) is 2.56. The smallest absolute Gasteiger partial charge is 0.0195 e. The molecule has 0 bridgehead atoms. The van der Waals surface area contributed by atoms with Crippen molar-refractivity contribution in [2.45, 2.75) is 90.3 Å². The van der Waals surface area contributed by atoms with Crippen molar-refractivity contribution >= 4 is 0 Å². The molecule has 0 aromatic heterocycles. The molecule has 0 radical (unpaired) electrons. The third-order valence-electron chi connectivity index (χ3n) is 5.88. The first-order chi connectivity index (χ1) is 9.55. The van der Waals surface area contributed by atoms with Gasteiger partial charge in [0, 0.05) is 24.7 Å². The van der Waals surface area contributed by atoms with Crippen molar-refractivity contribution < 1.29 is 0 Å². The van der Waals surface area contributed by atoms with E-state index >= 15 is 0 Å². The fraction of sp³-hybridized carbons (Fsp3) is 1.00. The molecule has 1 saturated heterocycles. The van der Waals surface area contributed by atoms with E-state index in [-0.39, 0.29) is 0 Å². The van der Waals surface area contributed by atoms with Gasteiger partial charge in [-0.15, -0.1) is 0 Å². The first-order valence-corrected chi connectivity index (χ1v) is 9.05. The topological polar surface area (TPSA) is 15.3 Å². The molecule has 3 aliphatic rings. The summed E-state index contributed by atoms with van der Waals surface area (Å²) in [6.45, 7) is 9.97. The van der Waals surface area contributed by atoms with Crippen molar-refractivity contribution in [3.63, 3.8) is 0 Å². The second kappa shape index (κ2) is 5.96. The van der Waals surface area contributed by atoms with E-state index in [1.807, 2.05) is 0 Å². The lowest BCUT2D eigenvalue weighted by atomic mass is 9.69. The van der Waals surface area contributed by atoms with Crippen LogP contribution in [-0.2, 0) is 0 Å². The summed E-state index contributed by atoms with van der Waals surface area (Å²) in [6.07, 6.45) is 11.5. The zero-order valence-corrected chi connectivity index (χ0v) is 13.8. The highest BCUT2D eigenvalue weighted by atomic mass is 15.2. The lowest BCUT2D eigenvalue weighted by Gasteiger charge is -2.47. The average molecular weight is 278 g/mol. The van der Waals surface area contributed by atoms with Crippen molar-refractivity contribution in [3.8, 4) is 0 Å². The van der Waals surface area contributed by atoms with Crippen molar-refractivity contribution in [1.82, 2.24) is 10.2 Å². The molecule has 2 aliphatic carbocycles. The fourth-order valence-corrected chi connectivity index (χ4v) is 4.65. The highest BCUT2D eigenvalue weighted by molar-refractivity contribution is 4.97. The molecule has 0 spiro atoms. The summed E-state index contributed by atoms with van der Waals surface area (Å²) < 4.78 is 0. The SMILES string of the molecule is CC(C)(C)C1CCCCC1N(CC1CCCN1)C1CC1. The molecule has 0 amide bonds. The number of rotatable bonds is 4. The summed E-state index contributed by atoms with van der Waals surface area (Å²) in [5, 5.41) is 3.72. The van der Waals surface area contributed by atoms with Crippen LogP contribution in [-0.4, -0.2) is 36.1 Å². The molecule has 0 aromatic rings. The summed E-state index contributed by atoms with van der Waals surface area (Å²) in [7, 11) is 0. The molecule has 116 valence electrons. The van der Waals surface area contributed by atoms with E-state index in [9.17, 15) is 0 Å². The first-order valence-electron chi connectivity index (χ1n) is 9.05. The second-order valence-electron chi connectivity index (χ2n) is 8.55. The van der Waals surface area contributed by atoms with Crippen LogP contribution in [0.3, 0.4) is 0 Å². The van der Waals surface area contributed by atoms with Crippen LogP contribution < -0.4 is 5.32 Å². The van der Waals surface area contributed by atoms with Crippen LogP contribution in [0.15, 0.2) is 0 Å². The van der Waals surface area contributed by atoms with Crippen LogP contribution >= 0.6 is 0 Å². The van der Waals surface area contributed by atoms with Gasteiger partial charge in [-0.25, -0.2) is 0 Å². The Hall–Kier alpha value is -0.0800. The molecule has 0 aromatic carbocycles. The van der Waals surface area contributed by atoms with E-state index < -0.39 is 0 Å². The lowest BCUT2D eigenvalue weighted by Crippen LogP contribution is -2.51. The lowest BCUT2D eigenvalue weighted by molar-refractivity contribution is 0.0315. The van der Waals surface area contributed by atoms with E-state index in [0.29, 0.717) is 5.41 Å². The molecule has 3 atom stereocenters. The van der Waals surface area contributed by atoms with Crippen LogP contribution in [0.5, 0.6) is 0 Å². The predicted molar refractivity (Wildman–Crippen MR) is 86.0 cm³/mol. The summed E-state index contributed by atoms with van der Waals surface area (Å²) >= 11 is 0. The van der Waals surface area contributed by atoms with Crippen LogP contribution in [0.4, 0.5) is 0 Å². The van der Waals surface area contributed by atoms with E-state index in [1.165, 1.54) is 64.5 Å². The molecule has 2 saturated carbocycles. The molecule has 3 rings (SSSR count). The maximum absolute atomic E-state index is 3.72. The second-order valence-corrected chi connectivity index (χ2v) is 8.55. The molecular weight excluding hydrogens is 244 g/mol. The van der Waals surface area contributed by atoms with Gasteiger partial charge in [-0.1, -0.05) is 33.6 Å². The Morgan fingerprint density at radius 1 is 0.950 bits per heavy atom. The quantitative estimate of drug-likeness (QED) is 0.841. The predicted octanol–water partition coefficient (Wildman–Crippen LogP) is 3.81. The third-order valence-corrected chi connectivity index (χ3v) is 5.88. The van der Waals surface area contributed by atoms with Crippen LogP contribution in [0, 0.1) is 11.3 Å². The zero-order chi connectivity index (χ0) is 14.2. The van der Waals surface area contributed by atoms with E-state index in [4.69, 9.17) is 0 Å². The molecule has 2 heteroatoms. The Bertz CT molecular complexity index is 310. The molecule has 1 heterocycles. The Balaban J connectivity index is 1.70. The summed E-state index contributed by atoms with van der Waals surface area (Å²) in [4.78, 5) is 2.94. The van der Waals surface area contributed by atoms with Crippen molar-refractivity contribution in [2.24, 2.45) is 11.3 Å². The minimum atomic E-state index is 0.474. The van der Waals surface area contributed by atoms with Gasteiger partial charge in [0.25, 0.3) is 0 Å². The maximum Gasteiger partial charge on any atom is 0.0195 e. The van der Waals surface area contributed by atoms with Gasteiger partial charge in [-0.05, 0) is 56.4 Å². The average Bonchev–Trinajstić information content (AvgIpc) is 3.12. The molecule has 3 unspecified atom stereocenters. The summed E-state index contributed by atoms with van der Waals surface area (Å²) in [5.74, 6) is 0.901. The van der Waals surface area contributed by atoms with Gasteiger partial charge in [0.05, 0.1) is 0 Å². The van der Waals surface area contributed by atoms with Gasteiger partial charge in [0.15, 0.2) is 0 Å². The first kappa shape index (κ1) is 14.8. The minimum Gasteiger partial charge on any atom is -0.313 e. The number of hydrogen-bond donors (Lipinski definition) is 1. The van der Waals surface area contributed by atoms with Crippen molar-refractivity contribution in [2.75, 3.05) is 13.1 Å². The van der Waals surface area contributed by atoms with Gasteiger partial charge in [-0.3, -0.25) is 4.90 Å². The highest BCUT2D eigenvalue weighted by Gasteiger charge is 2.43. The Kier molecular flexibility index (Phi) is 4.42. The zero-order valence-electron chi connectivity index (χ0n) is 13.8. The molecule has 1 aliphatic heterocycles. The van der Waals surface area contributed by atoms with E-state index in [0.717, 1.165) is 24.0 Å². The Morgan fingerprint density at radius 3 is 2.30 bits per heavy atom. The molecular formula is C18H34N2. The molecule has 1 N–H and O–H groups in total. The Morgan fingerprint density at radius 2 is 1.70 bits per heavy atom. The molecule has 3 fully saturated rings. The standard InChI is InChI=1S/C18H34N2/c1-18(2,3)16-8-4-5-9-17(16)20(15-10-11-15)13-14-7-6-12-19-14/h14-17,19H,4-13H2,1-3H3. The minimum absolute atomic E-state index is 0.474. The third kappa shape index (κ3) is 3.39. The summed E-state index contributed by atoms with van der Waals surface area (Å²) in [5.41, 5.74) is 0.474. The van der Waals surface area contributed by atoms with Gasteiger partial charge < -0.3 is 5.32 Å².